The van der Waals surface area contributed by atoms with Crippen LogP contribution in [0.4, 0.5) is 0 Å². The van der Waals surface area contributed by atoms with E-state index in [1.165, 1.54) is 49.9 Å². The van der Waals surface area contributed by atoms with E-state index in [1.807, 2.05) is 0 Å². The van der Waals surface area contributed by atoms with Crippen LogP contribution in [0.2, 0.25) is 0 Å². The zero-order valence-corrected chi connectivity index (χ0v) is 9.18. The standard InChI is InChI=1S/C9H18NO.BrH/c1-2-4-10(5-3-1)6-8-11-9-7-10;/h1-9H2;1H/q+1;/p-1. The highest BCUT2D eigenvalue weighted by Crippen LogP contribution is 2.20. The second-order valence-electron chi connectivity index (χ2n) is 3.91. The number of hydrogen-bond acceptors (Lipinski definition) is 1. The van der Waals surface area contributed by atoms with Crippen LogP contribution in [0.3, 0.4) is 0 Å². The van der Waals surface area contributed by atoms with Gasteiger partial charge >= 0.3 is 0 Å². The molecule has 0 unspecified atom stereocenters. The van der Waals surface area contributed by atoms with Gasteiger partial charge in [-0.15, -0.1) is 0 Å². The van der Waals surface area contributed by atoms with E-state index in [1.54, 1.807) is 0 Å². The molecule has 0 saturated carbocycles. The fourth-order valence-electron chi connectivity index (χ4n) is 2.36. The van der Waals surface area contributed by atoms with Crippen molar-refractivity contribution >= 4 is 0 Å². The topological polar surface area (TPSA) is 9.23 Å². The van der Waals surface area contributed by atoms with Crippen molar-refractivity contribution in [1.29, 1.82) is 0 Å². The first-order valence-corrected chi connectivity index (χ1v) is 4.84. The summed E-state index contributed by atoms with van der Waals surface area (Å²) in [6.07, 6.45) is 4.35. The van der Waals surface area contributed by atoms with E-state index in [0.717, 1.165) is 13.2 Å². The largest absolute Gasteiger partial charge is 1.00 e. The highest BCUT2D eigenvalue weighted by molar-refractivity contribution is 4.56. The molecule has 0 aromatic rings. The quantitative estimate of drug-likeness (QED) is 0.443. The Balaban J connectivity index is 0.000000720. The normalized spacial score (nSPS) is 28.0. The fraction of sp³-hybridized carbons (Fsp3) is 1.00. The van der Waals surface area contributed by atoms with Crippen molar-refractivity contribution in [3.63, 3.8) is 0 Å². The molecule has 0 bridgehead atoms. The third kappa shape index (κ3) is 2.21. The molecule has 2 heterocycles. The van der Waals surface area contributed by atoms with Crippen LogP contribution in [0, 0.1) is 0 Å². The second kappa shape index (κ2) is 4.58. The fourth-order valence-corrected chi connectivity index (χ4v) is 2.36. The molecule has 0 aromatic carbocycles. The van der Waals surface area contributed by atoms with Crippen LogP contribution in [-0.2, 0) is 4.74 Å². The van der Waals surface area contributed by atoms with Crippen molar-refractivity contribution in [3.8, 4) is 0 Å². The summed E-state index contributed by atoms with van der Waals surface area (Å²) >= 11 is 0. The number of rotatable bonds is 0. The number of morpholine rings is 1. The predicted molar refractivity (Wildman–Crippen MR) is 44.4 cm³/mol. The van der Waals surface area contributed by atoms with E-state index in [9.17, 15) is 0 Å². The molecule has 3 heteroatoms. The van der Waals surface area contributed by atoms with Crippen LogP contribution in [0.1, 0.15) is 19.3 Å². The van der Waals surface area contributed by atoms with Gasteiger partial charge in [-0.3, -0.25) is 0 Å². The van der Waals surface area contributed by atoms with E-state index < -0.39 is 0 Å². The number of ether oxygens (including phenoxy) is 1. The number of halogens is 1. The van der Waals surface area contributed by atoms with Crippen molar-refractivity contribution in [1.82, 2.24) is 0 Å². The Morgan fingerprint density at radius 1 is 0.750 bits per heavy atom. The van der Waals surface area contributed by atoms with Gasteiger partial charge in [0.15, 0.2) is 0 Å². The Bertz CT molecular complexity index is 109. The summed E-state index contributed by atoms with van der Waals surface area (Å²) in [5, 5.41) is 0. The van der Waals surface area contributed by atoms with E-state index in [2.05, 4.69) is 0 Å². The third-order valence-electron chi connectivity index (χ3n) is 3.18. The van der Waals surface area contributed by atoms with Gasteiger partial charge in [0, 0.05) is 0 Å². The van der Waals surface area contributed by atoms with E-state index >= 15 is 0 Å². The summed E-state index contributed by atoms with van der Waals surface area (Å²) in [4.78, 5) is 0. The summed E-state index contributed by atoms with van der Waals surface area (Å²) in [6, 6.07) is 0. The monoisotopic (exact) mass is 235 g/mol. The highest BCUT2D eigenvalue weighted by atomic mass is 79.9. The van der Waals surface area contributed by atoms with Gasteiger partial charge in [0.25, 0.3) is 0 Å². The van der Waals surface area contributed by atoms with Gasteiger partial charge in [0.2, 0.25) is 0 Å². The highest BCUT2D eigenvalue weighted by Gasteiger charge is 2.31. The zero-order chi connectivity index (χ0) is 7.57. The van der Waals surface area contributed by atoms with Crippen LogP contribution >= 0.6 is 0 Å². The zero-order valence-electron chi connectivity index (χ0n) is 7.60. The first kappa shape index (κ1) is 10.5. The van der Waals surface area contributed by atoms with E-state index in [4.69, 9.17) is 4.74 Å². The van der Waals surface area contributed by atoms with Crippen molar-refractivity contribution in [2.75, 3.05) is 39.4 Å². The maximum atomic E-state index is 5.38. The number of hydrogen-bond donors (Lipinski definition) is 0. The van der Waals surface area contributed by atoms with Crippen LogP contribution in [0.25, 0.3) is 0 Å². The summed E-state index contributed by atoms with van der Waals surface area (Å²) in [5.41, 5.74) is 0. The molecule has 2 aliphatic heterocycles. The maximum Gasteiger partial charge on any atom is 0.102 e. The minimum Gasteiger partial charge on any atom is -1.00 e. The molecule has 0 radical (unpaired) electrons. The van der Waals surface area contributed by atoms with Crippen LogP contribution in [0.5, 0.6) is 0 Å². The van der Waals surface area contributed by atoms with Crippen LogP contribution in [-0.4, -0.2) is 43.9 Å². The SMILES string of the molecule is C1CC[N+]2(CC1)CCOCC2.[Br-]. The molecule has 2 rings (SSSR count). The maximum absolute atomic E-state index is 5.38. The molecule has 0 N–H and O–H groups in total. The average molecular weight is 236 g/mol. The molecular weight excluding hydrogens is 218 g/mol. The molecule has 0 atom stereocenters. The van der Waals surface area contributed by atoms with Gasteiger partial charge in [-0.25, -0.2) is 0 Å². The molecule has 1 spiro atoms. The summed E-state index contributed by atoms with van der Waals surface area (Å²) < 4.78 is 6.76. The predicted octanol–water partition coefficient (Wildman–Crippen LogP) is -1.98. The van der Waals surface area contributed by atoms with E-state index in [0.29, 0.717) is 0 Å². The lowest BCUT2D eigenvalue weighted by Crippen LogP contribution is -3.00. The van der Waals surface area contributed by atoms with Gasteiger partial charge in [0.1, 0.15) is 13.1 Å². The number of piperidine rings is 1. The molecule has 0 amide bonds. The van der Waals surface area contributed by atoms with Crippen LogP contribution in [0.15, 0.2) is 0 Å². The lowest BCUT2D eigenvalue weighted by Gasteiger charge is -2.43. The minimum atomic E-state index is 0. The average Bonchev–Trinajstić information content (AvgIpc) is 2.07. The second-order valence-corrected chi connectivity index (χ2v) is 3.91. The smallest absolute Gasteiger partial charge is 0.102 e. The van der Waals surface area contributed by atoms with Crippen molar-refractivity contribution in [2.45, 2.75) is 19.3 Å². The molecule has 2 fully saturated rings. The molecule has 2 aliphatic rings. The van der Waals surface area contributed by atoms with Gasteiger partial charge in [-0.05, 0) is 19.3 Å². The van der Waals surface area contributed by atoms with Gasteiger partial charge in [-0.1, -0.05) is 0 Å². The van der Waals surface area contributed by atoms with Crippen molar-refractivity contribution < 1.29 is 26.2 Å². The van der Waals surface area contributed by atoms with E-state index in [-0.39, 0.29) is 17.0 Å². The molecule has 0 aromatic heterocycles. The van der Waals surface area contributed by atoms with Crippen molar-refractivity contribution in [3.05, 3.63) is 0 Å². The Morgan fingerprint density at radius 2 is 1.33 bits per heavy atom. The Kier molecular flexibility index (Phi) is 4.00. The Hall–Kier alpha value is 0.400. The molecule has 12 heavy (non-hydrogen) atoms. The van der Waals surface area contributed by atoms with Crippen molar-refractivity contribution in [2.24, 2.45) is 0 Å². The molecular formula is C9H18BrNO. The number of quaternary nitrogens is 1. The van der Waals surface area contributed by atoms with Gasteiger partial charge in [0.05, 0.1) is 26.3 Å². The lowest BCUT2D eigenvalue weighted by molar-refractivity contribution is -0.939. The summed E-state index contributed by atoms with van der Waals surface area (Å²) in [7, 11) is 0. The Morgan fingerprint density at radius 3 is 1.92 bits per heavy atom. The number of nitrogens with zero attached hydrogens (tertiary/aromatic N) is 1. The lowest BCUT2D eigenvalue weighted by atomic mass is 10.1. The molecule has 2 nitrogen and oxygen atoms in total. The Labute approximate surface area is 85.2 Å². The molecule has 0 aliphatic carbocycles. The molecule has 2 saturated heterocycles. The minimum absolute atomic E-state index is 0. The summed E-state index contributed by atoms with van der Waals surface area (Å²) in [5.74, 6) is 0. The third-order valence-corrected chi connectivity index (χ3v) is 3.18. The molecule has 72 valence electrons. The summed E-state index contributed by atoms with van der Waals surface area (Å²) in [6.45, 7) is 7.40. The van der Waals surface area contributed by atoms with Gasteiger partial charge < -0.3 is 26.2 Å². The van der Waals surface area contributed by atoms with Crippen LogP contribution < -0.4 is 17.0 Å². The van der Waals surface area contributed by atoms with Gasteiger partial charge in [-0.2, -0.15) is 0 Å². The first-order valence-electron chi connectivity index (χ1n) is 4.84. The first-order chi connectivity index (χ1) is 5.41.